The van der Waals surface area contributed by atoms with E-state index in [1.165, 1.54) is 18.3 Å². The van der Waals surface area contributed by atoms with Gasteiger partial charge in [0.05, 0.1) is 29.2 Å². The molecule has 5 nitrogen and oxygen atoms in total. The normalized spacial score (nSPS) is 9.76. The number of hydrogen-bond acceptors (Lipinski definition) is 4. The van der Waals surface area contributed by atoms with Crippen molar-refractivity contribution < 1.29 is 9.18 Å². The van der Waals surface area contributed by atoms with Gasteiger partial charge in [0, 0.05) is 6.54 Å². The van der Waals surface area contributed by atoms with Gasteiger partial charge >= 0.3 is 0 Å². The lowest BCUT2D eigenvalue weighted by Crippen LogP contribution is -2.14. The van der Waals surface area contributed by atoms with Crippen LogP contribution in [0.5, 0.6) is 0 Å². The number of aromatic nitrogens is 1. The lowest BCUT2D eigenvalue weighted by atomic mass is 10.2. The lowest BCUT2D eigenvalue weighted by Gasteiger charge is -2.07. The fraction of sp³-hybridized carbons (Fsp3) is 0.133. The van der Waals surface area contributed by atoms with Crippen molar-refractivity contribution in [3.8, 4) is 6.07 Å². The third kappa shape index (κ3) is 3.54. The number of nitrogens with zero attached hydrogens (tertiary/aromatic N) is 2. The van der Waals surface area contributed by atoms with E-state index in [0.29, 0.717) is 0 Å². The van der Waals surface area contributed by atoms with Gasteiger partial charge < -0.3 is 10.6 Å². The standard InChI is InChI=1S/C15H13FN4O/c1-2-18-11-4-6-14(19-9-11)15(21)20-13-5-3-10(8-17)7-12(13)16/h3-7,9,18H,2H2,1H3,(H,20,21). The Morgan fingerprint density at radius 2 is 2.19 bits per heavy atom. The van der Waals surface area contributed by atoms with Crippen LogP contribution in [-0.4, -0.2) is 17.4 Å². The summed E-state index contributed by atoms with van der Waals surface area (Å²) < 4.78 is 13.7. The molecule has 0 saturated carbocycles. The number of rotatable bonds is 4. The summed E-state index contributed by atoms with van der Waals surface area (Å²) in [6, 6.07) is 8.94. The minimum Gasteiger partial charge on any atom is -0.384 e. The number of hydrogen-bond donors (Lipinski definition) is 2. The maximum atomic E-state index is 13.7. The molecule has 2 N–H and O–H groups in total. The summed E-state index contributed by atoms with van der Waals surface area (Å²) in [6.07, 6.45) is 1.54. The molecule has 0 bridgehead atoms. The summed E-state index contributed by atoms with van der Waals surface area (Å²) in [5.74, 6) is -1.17. The number of carbonyl (C=O) groups is 1. The quantitative estimate of drug-likeness (QED) is 0.905. The first kappa shape index (κ1) is 14.5. The van der Waals surface area contributed by atoms with E-state index in [4.69, 9.17) is 5.26 Å². The van der Waals surface area contributed by atoms with Crippen LogP contribution in [0.15, 0.2) is 36.5 Å². The summed E-state index contributed by atoms with van der Waals surface area (Å²) in [6.45, 7) is 2.71. The van der Waals surface area contributed by atoms with Crippen molar-refractivity contribution >= 4 is 17.3 Å². The molecule has 6 heteroatoms. The SMILES string of the molecule is CCNc1ccc(C(=O)Nc2ccc(C#N)cc2F)nc1. The molecular formula is C15H13FN4O. The van der Waals surface area contributed by atoms with Gasteiger partial charge in [0.15, 0.2) is 0 Å². The zero-order chi connectivity index (χ0) is 15.2. The zero-order valence-electron chi connectivity index (χ0n) is 11.4. The Balaban J connectivity index is 2.12. The van der Waals surface area contributed by atoms with Crippen molar-refractivity contribution in [1.29, 1.82) is 5.26 Å². The fourth-order valence-electron chi connectivity index (χ4n) is 1.71. The van der Waals surface area contributed by atoms with Gasteiger partial charge in [-0.05, 0) is 37.3 Å². The Morgan fingerprint density at radius 3 is 2.76 bits per heavy atom. The molecule has 21 heavy (non-hydrogen) atoms. The minimum absolute atomic E-state index is 0.0107. The van der Waals surface area contributed by atoms with Gasteiger partial charge in [-0.25, -0.2) is 9.37 Å². The molecule has 0 saturated heterocycles. The summed E-state index contributed by atoms with van der Waals surface area (Å²) in [4.78, 5) is 16.0. The summed E-state index contributed by atoms with van der Waals surface area (Å²) in [7, 11) is 0. The average molecular weight is 284 g/mol. The molecule has 0 fully saturated rings. The number of amides is 1. The van der Waals surface area contributed by atoms with E-state index < -0.39 is 11.7 Å². The van der Waals surface area contributed by atoms with Crippen LogP contribution in [0.2, 0.25) is 0 Å². The van der Waals surface area contributed by atoms with Crippen molar-refractivity contribution in [1.82, 2.24) is 4.98 Å². The second-order valence-electron chi connectivity index (χ2n) is 4.22. The van der Waals surface area contributed by atoms with Gasteiger partial charge in [0.25, 0.3) is 5.91 Å². The molecule has 0 aliphatic carbocycles. The molecule has 1 heterocycles. The van der Waals surface area contributed by atoms with Gasteiger partial charge in [-0.2, -0.15) is 5.26 Å². The molecule has 2 aromatic rings. The summed E-state index contributed by atoms with van der Waals surface area (Å²) >= 11 is 0. The first-order chi connectivity index (χ1) is 10.1. The molecule has 0 radical (unpaired) electrons. The molecule has 0 spiro atoms. The van der Waals surface area contributed by atoms with E-state index in [2.05, 4.69) is 15.6 Å². The van der Waals surface area contributed by atoms with Crippen LogP contribution in [0.3, 0.4) is 0 Å². The molecule has 2 rings (SSSR count). The average Bonchev–Trinajstić information content (AvgIpc) is 2.50. The third-order valence-electron chi connectivity index (χ3n) is 2.72. The van der Waals surface area contributed by atoms with E-state index in [1.807, 2.05) is 13.0 Å². The number of nitrogens with one attached hydrogen (secondary N) is 2. The second kappa shape index (κ2) is 6.48. The van der Waals surface area contributed by atoms with Gasteiger partial charge in [0.1, 0.15) is 11.5 Å². The predicted molar refractivity (Wildman–Crippen MR) is 77.5 cm³/mol. The molecule has 1 aromatic heterocycles. The van der Waals surface area contributed by atoms with E-state index in [9.17, 15) is 9.18 Å². The van der Waals surface area contributed by atoms with Crippen molar-refractivity contribution in [3.63, 3.8) is 0 Å². The molecule has 0 atom stereocenters. The first-order valence-corrected chi connectivity index (χ1v) is 6.35. The summed E-state index contributed by atoms with van der Waals surface area (Å²) in [5.41, 5.74) is 1.19. The zero-order valence-corrected chi connectivity index (χ0v) is 11.4. The monoisotopic (exact) mass is 284 g/mol. The van der Waals surface area contributed by atoms with Crippen LogP contribution < -0.4 is 10.6 Å². The van der Waals surface area contributed by atoms with Crippen LogP contribution in [0.1, 0.15) is 23.0 Å². The Kier molecular flexibility index (Phi) is 4.46. The van der Waals surface area contributed by atoms with Crippen molar-refractivity contribution in [2.45, 2.75) is 6.92 Å². The minimum atomic E-state index is -0.660. The highest BCUT2D eigenvalue weighted by molar-refractivity contribution is 6.03. The Bertz CT molecular complexity index is 692. The van der Waals surface area contributed by atoms with E-state index in [-0.39, 0.29) is 16.9 Å². The topological polar surface area (TPSA) is 77.8 Å². The maximum Gasteiger partial charge on any atom is 0.274 e. The fourth-order valence-corrected chi connectivity index (χ4v) is 1.71. The van der Waals surface area contributed by atoms with Gasteiger partial charge in [-0.15, -0.1) is 0 Å². The van der Waals surface area contributed by atoms with Crippen LogP contribution in [0.4, 0.5) is 15.8 Å². The number of benzene rings is 1. The molecule has 106 valence electrons. The van der Waals surface area contributed by atoms with Gasteiger partial charge in [-0.1, -0.05) is 0 Å². The number of pyridine rings is 1. The Hall–Kier alpha value is -2.94. The number of halogens is 1. The molecule has 0 unspecified atom stereocenters. The predicted octanol–water partition coefficient (Wildman–Crippen LogP) is 2.78. The van der Waals surface area contributed by atoms with Crippen LogP contribution in [-0.2, 0) is 0 Å². The molecular weight excluding hydrogens is 271 g/mol. The molecule has 0 aliphatic heterocycles. The Morgan fingerprint density at radius 1 is 1.38 bits per heavy atom. The van der Waals surface area contributed by atoms with Crippen LogP contribution >= 0.6 is 0 Å². The van der Waals surface area contributed by atoms with E-state index in [0.717, 1.165) is 18.3 Å². The van der Waals surface area contributed by atoms with Gasteiger partial charge in [0.2, 0.25) is 0 Å². The third-order valence-corrected chi connectivity index (χ3v) is 2.72. The number of carbonyl (C=O) groups excluding carboxylic acids is 1. The highest BCUT2D eigenvalue weighted by atomic mass is 19.1. The highest BCUT2D eigenvalue weighted by Crippen LogP contribution is 2.16. The number of anilines is 2. The molecule has 0 aliphatic rings. The van der Waals surface area contributed by atoms with Gasteiger partial charge in [-0.3, -0.25) is 4.79 Å². The van der Waals surface area contributed by atoms with Crippen molar-refractivity contribution in [2.75, 3.05) is 17.2 Å². The van der Waals surface area contributed by atoms with E-state index in [1.54, 1.807) is 12.1 Å². The van der Waals surface area contributed by atoms with Crippen molar-refractivity contribution in [2.24, 2.45) is 0 Å². The van der Waals surface area contributed by atoms with Crippen LogP contribution in [0, 0.1) is 17.1 Å². The molecule has 1 amide bonds. The smallest absolute Gasteiger partial charge is 0.274 e. The largest absolute Gasteiger partial charge is 0.384 e. The second-order valence-corrected chi connectivity index (χ2v) is 4.22. The first-order valence-electron chi connectivity index (χ1n) is 6.35. The summed E-state index contributed by atoms with van der Waals surface area (Å²) in [5, 5.41) is 14.1. The maximum absolute atomic E-state index is 13.7. The van der Waals surface area contributed by atoms with Crippen molar-refractivity contribution in [3.05, 3.63) is 53.6 Å². The van der Waals surface area contributed by atoms with E-state index >= 15 is 0 Å². The van der Waals surface area contributed by atoms with Crippen LogP contribution in [0.25, 0.3) is 0 Å². The molecule has 1 aromatic carbocycles. The number of nitriles is 1. The lowest BCUT2D eigenvalue weighted by molar-refractivity contribution is 0.102. The Labute approximate surface area is 121 Å². The highest BCUT2D eigenvalue weighted by Gasteiger charge is 2.11.